The van der Waals surface area contributed by atoms with E-state index < -0.39 is 17.9 Å². The van der Waals surface area contributed by atoms with E-state index in [0.29, 0.717) is 12.3 Å². The first-order chi connectivity index (χ1) is 17.5. The van der Waals surface area contributed by atoms with Crippen molar-refractivity contribution in [2.24, 2.45) is 5.73 Å². The number of esters is 1. The fourth-order valence-electron chi connectivity index (χ4n) is 4.04. The number of carbonyl (C=O) groups excluding carboxylic acids is 2. The third-order valence-corrected chi connectivity index (χ3v) is 6.14. The van der Waals surface area contributed by atoms with E-state index >= 15 is 0 Å². The van der Waals surface area contributed by atoms with E-state index in [1.807, 2.05) is 60.8 Å². The molecule has 4 rings (SSSR count). The number of aromatic nitrogens is 1. The number of ether oxygens (including phenoxy) is 1. The summed E-state index contributed by atoms with van der Waals surface area (Å²) >= 11 is 4.10. The first kappa shape index (κ1) is 27.0. The quantitative estimate of drug-likeness (QED) is 0.206. The molecule has 3 aromatic carbocycles. The highest BCUT2D eigenvalue weighted by molar-refractivity contribution is 7.80. The van der Waals surface area contributed by atoms with Crippen molar-refractivity contribution in [2.45, 2.75) is 31.8 Å². The van der Waals surface area contributed by atoms with Gasteiger partial charge in [0.2, 0.25) is 5.91 Å². The number of fused-ring (bicyclic) bond motifs is 1. The molecule has 0 saturated carbocycles. The van der Waals surface area contributed by atoms with E-state index in [2.05, 4.69) is 54.1 Å². The van der Waals surface area contributed by atoms with E-state index in [-0.39, 0.29) is 12.3 Å². The molecule has 1 amide bonds. The predicted molar refractivity (Wildman–Crippen MR) is 148 cm³/mol. The number of amides is 1. The number of H-pyrrole nitrogens is 1. The summed E-state index contributed by atoms with van der Waals surface area (Å²) in [6.07, 6.45) is 2.12. The minimum absolute atomic E-state index is 0.228. The van der Waals surface area contributed by atoms with Crippen molar-refractivity contribution in [1.82, 2.24) is 10.3 Å². The van der Waals surface area contributed by atoms with Crippen LogP contribution in [0.5, 0.6) is 0 Å². The lowest BCUT2D eigenvalue weighted by atomic mass is 9.84. The fourth-order valence-corrected chi connectivity index (χ4v) is 4.24. The molecule has 1 unspecified atom stereocenters. The van der Waals surface area contributed by atoms with Gasteiger partial charge in [0.25, 0.3) is 0 Å². The van der Waals surface area contributed by atoms with Crippen LogP contribution in [-0.2, 0) is 20.9 Å². The van der Waals surface area contributed by atoms with Gasteiger partial charge in [0, 0.05) is 36.0 Å². The zero-order valence-corrected chi connectivity index (χ0v) is 21.5. The largest absolute Gasteiger partial charge is 0.467 e. The van der Waals surface area contributed by atoms with Crippen molar-refractivity contribution in [3.63, 3.8) is 0 Å². The third kappa shape index (κ3) is 6.99. The fraction of sp³-hybridized carbons (Fsp3) is 0.241. The van der Waals surface area contributed by atoms with Crippen molar-refractivity contribution in [2.75, 3.05) is 12.9 Å². The molecule has 1 heterocycles. The molecule has 36 heavy (non-hydrogen) atoms. The van der Waals surface area contributed by atoms with Crippen LogP contribution in [0.15, 0.2) is 85.1 Å². The molecule has 188 valence electrons. The first-order valence-electron chi connectivity index (χ1n) is 11.8. The molecule has 0 saturated heterocycles. The van der Waals surface area contributed by atoms with Crippen LogP contribution in [0.4, 0.5) is 0 Å². The normalized spacial score (nSPS) is 12.2. The van der Waals surface area contributed by atoms with Crippen LogP contribution in [0.3, 0.4) is 0 Å². The van der Waals surface area contributed by atoms with Crippen LogP contribution in [0.1, 0.15) is 34.6 Å². The van der Waals surface area contributed by atoms with Gasteiger partial charge in [-0.05, 0) is 35.4 Å². The van der Waals surface area contributed by atoms with Crippen LogP contribution in [0.2, 0.25) is 0 Å². The Morgan fingerprint density at radius 3 is 2.31 bits per heavy atom. The number of hydrogen-bond acceptors (Lipinski definition) is 5. The van der Waals surface area contributed by atoms with Gasteiger partial charge < -0.3 is 20.8 Å². The first-order valence-corrected chi connectivity index (χ1v) is 12.5. The van der Waals surface area contributed by atoms with Gasteiger partial charge in [0.15, 0.2) is 0 Å². The highest BCUT2D eigenvalue weighted by Gasteiger charge is 2.34. The van der Waals surface area contributed by atoms with Gasteiger partial charge in [-0.2, -0.15) is 12.6 Å². The molecule has 0 spiro atoms. The smallest absolute Gasteiger partial charge is 0.329 e. The molecule has 0 radical (unpaired) electrons. The number of methoxy groups -OCH3 is 1. The minimum atomic E-state index is -0.844. The zero-order chi connectivity index (χ0) is 25.9. The third-order valence-electron chi connectivity index (χ3n) is 5.92. The summed E-state index contributed by atoms with van der Waals surface area (Å²) in [5.41, 5.74) is 10.7. The average molecular weight is 504 g/mol. The summed E-state index contributed by atoms with van der Waals surface area (Å²) in [6.45, 7) is 2.71. The number of carbonyl (C=O) groups is 2. The molecule has 4 aromatic rings. The van der Waals surface area contributed by atoms with E-state index in [0.717, 1.165) is 22.0 Å². The maximum atomic E-state index is 12.6. The Bertz CT molecular complexity index is 1260. The van der Waals surface area contributed by atoms with Crippen LogP contribution in [-0.4, -0.2) is 35.8 Å². The van der Waals surface area contributed by atoms with Crippen molar-refractivity contribution < 1.29 is 14.3 Å². The van der Waals surface area contributed by atoms with Crippen LogP contribution in [0, 0.1) is 6.92 Å². The summed E-state index contributed by atoms with van der Waals surface area (Å²) in [5.74, 6) is -0.704. The van der Waals surface area contributed by atoms with Crippen LogP contribution < -0.4 is 11.1 Å². The van der Waals surface area contributed by atoms with Gasteiger partial charge >= 0.3 is 5.97 Å². The van der Waals surface area contributed by atoms with Gasteiger partial charge in [-0.25, -0.2) is 4.79 Å². The molecule has 1 aromatic heterocycles. The lowest BCUT2D eigenvalue weighted by Gasteiger charge is -2.26. The number of thiol groups is 1. The highest BCUT2D eigenvalue weighted by Crippen LogP contribution is 2.34. The molecule has 7 heteroatoms. The number of aryl methyl sites for hydroxylation is 1. The summed E-state index contributed by atoms with van der Waals surface area (Å²) in [5, 5.41) is 3.85. The average Bonchev–Trinajstić information content (AvgIpc) is 3.33. The topological polar surface area (TPSA) is 97.2 Å². The van der Waals surface area contributed by atoms with E-state index in [9.17, 15) is 9.59 Å². The predicted octanol–water partition coefficient (Wildman–Crippen LogP) is 4.73. The van der Waals surface area contributed by atoms with Gasteiger partial charge in [-0.1, -0.05) is 78.4 Å². The maximum absolute atomic E-state index is 12.6. The van der Waals surface area contributed by atoms with Gasteiger partial charge in [0.05, 0.1) is 7.11 Å². The zero-order valence-electron chi connectivity index (χ0n) is 20.6. The molecule has 4 N–H and O–H groups in total. The number of benzene rings is 3. The maximum Gasteiger partial charge on any atom is 0.329 e. The summed E-state index contributed by atoms with van der Waals surface area (Å²) < 4.78 is 5.02. The number of hydrogen-bond donors (Lipinski definition) is 4. The number of para-hydroxylation sites is 1. The molecule has 0 aliphatic heterocycles. The lowest BCUT2D eigenvalue weighted by Crippen LogP contribution is -2.46. The minimum Gasteiger partial charge on any atom is -0.467 e. The van der Waals surface area contributed by atoms with E-state index in [1.54, 1.807) is 0 Å². The lowest BCUT2D eigenvalue weighted by molar-refractivity contribution is -0.145. The number of aromatic amines is 1. The molecule has 0 aliphatic carbocycles. The monoisotopic (exact) mass is 503 g/mol. The number of nitrogens with one attached hydrogen (secondary N) is 2. The molecular formula is C29H33N3O3S. The SMILES string of the molecule is COC(=O)[C@@H](NC(=O)CCS)C(c1ccccc1)c1c[nH]c2ccccc12.Cc1ccc(CN)cc1. The van der Waals surface area contributed by atoms with E-state index in [4.69, 9.17) is 10.5 Å². The van der Waals surface area contributed by atoms with Crippen LogP contribution >= 0.6 is 12.6 Å². The van der Waals surface area contributed by atoms with Gasteiger partial charge in [0.1, 0.15) is 6.04 Å². The Labute approximate surface area is 217 Å². The Kier molecular flexibility index (Phi) is 10.2. The van der Waals surface area contributed by atoms with Crippen molar-refractivity contribution in [1.29, 1.82) is 0 Å². The second-order valence-corrected chi connectivity index (χ2v) is 8.86. The summed E-state index contributed by atoms with van der Waals surface area (Å²) in [7, 11) is 1.33. The van der Waals surface area contributed by atoms with Crippen molar-refractivity contribution in [3.8, 4) is 0 Å². The Hall–Kier alpha value is -3.55. The summed E-state index contributed by atoms with van der Waals surface area (Å²) in [6, 6.07) is 24.9. The summed E-state index contributed by atoms with van der Waals surface area (Å²) in [4.78, 5) is 28.2. The van der Waals surface area contributed by atoms with Crippen molar-refractivity contribution >= 4 is 35.4 Å². The second-order valence-electron chi connectivity index (χ2n) is 8.41. The van der Waals surface area contributed by atoms with E-state index in [1.165, 1.54) is 18.2 Å². The Morgan fingerprint density at radius 1 is 1.00 bits per heavy atom. The Balaban J connectivity index is 0.000000338. The number of nitrogens with two attached hydrogens (primary N) is 1. The molecule has 0 fully saturated rings. The van der Waals surface area contributed by atoms with Crippen molar-refractivity contribution in [3.05, 3.63) is 107 Å². The van der Waals surface area contributed by atoms with Gasteiger partial charge in [-0.15, -0.1) is 0 Å². The molecular weight excluding hydrogens is 470 g/mol. The number of rotatable bonds is 8. The molecule has 0 aliphatic rings. The molecule has 2 atom stereocenters. The van der Waals surface area contributed by atoms with Crippen LogP contribution in [0.25, 0.3) is 10.9 Å². The van der Waals surface area contributed by atoms with Gasteiger partial charge in [-0.3, -0.25) is 4.79 Å². The molecule has 6 nitrogen and oxygen atoms in total. The molecule has 0 bridgehead atoms. The standard InChI is InChI=1S/C21H22N2O3S.C8H11N/c1-26-21(25)20(23-18(24)11-12-27)19(14-7-3-2-4-8-14)16-13-22-17-10-6-5-9-15(16)17;1-7-2-4-8(6-9)5-3-7/h2-10,13,19-20,22,27H,11-12H2,1H3,(H,23,24);2-5H,6,9H2,1H3/t19?,20-;/m0./s1. The highest BCUT2D eigenvalue weighted by atomic mass is 32.1. The Morgan fingerprint density at radius 2 is 1.67 bits per heavy atom. The second kappa shape index (κ2) is 13.5.